The van der Waals surface area contributed by atoms with Crippen LogP contribution in [-0.4, -0.2) is 4.57 Å². The lowest BCUT2D eigenvalue weighted by Gasteiger charge is -2.30. The number of aromatic nitrogens is 1. The molecule has 10 aromatic carbocycles. The maximum atomic E-state index is 2.53. The van der Waals surface area contributed by atoms with E-state index in [0.717, 1.165) is 28.3 Å². The topological polar surface area (TPSA) is 8.17 Å². The Morgan fingerprint density at radius 3 is 1.83 bits per heavy atom. The van der Waals surface area contributed by atoms with Crippen molar-refractivity contribution in [1.29, 1.82) is 0 Å². The second-order valence-electron chi connectivity index (χ2n) is 15.2. The first-order valence-corrected chi connectivity index (χ1v) is 21.0. The predicted octanol–water partition coefficient (Wildman–Crippen LogP) is 16.3. The molecule has 0 unspecified atom stereocenters. The second kappa shape index (κ2) is 13.6. The van der Waals surface area contributed by atoms with E-state index in [1.54, 1.807) is 0 Å². The maximum absolute atomic E-state index is 2.53. The van der Waals surface area contributed by atoms with E-state index in [0.29, 0.717) is 0 Å². The van der Waals surface area contributed by atoms with Crippen molar-refractivity contribution in [1.82, 2.24) is 4.57 Å². The van der Waals surface area contributed by atoms with E-state index < -0.39 is 0 Å². The summed E-state index contributed by atoms with van der Waals surface area (Å²) in [5.41, 5.74) is 11.7. The summed E-state index contributed by atoms with van der Waals surface area (Å²) in [7, 11) is 0. The molecule has 0 spiro atoms. The molecule has 0 N–H and O–H groups in total. The minimum Gasteiger partial charge on any atom is -0.309 e. The van der Waals surface area contributed by atoms with Gasteiger partial charge in [0.25, 0.3) is 0 Å². The Kier molecular flexibility index (Phi) is 7.75. The molecule has 12 aromatic rings. The van der Waals surface area contributed by atoms with Gasteiger partial charge in [-0.1, -0.05) is 176 Å². The van der Waals surface area contributed by atoms with E-state index in [9.17, 15) is 0 Å². The van der Waals surface area contributed by atoms with Crippen LogP contribution in [0.5, 0.6) is 0 Å². The molecule has 276 valence electrons. The highest BCUT2D eigenvalue weighted by molar-refractivity contribution is 7.26. The van der Waals surface area contributed by atoms with Crippen molar-refractivity contribution < 1.29 is 0 Å². The molecule has 0 saturated carbocycles. The van der Waals surface area contributed by atoms with Crippen LogP contribution in [0, 0.1) is 0 Å². The van der Waals surface area contributed by atoms with Crippen molar-refractivity contribution in [3.8, 4) is 27.9 Å². The Morgan fingerprint density at radius 2 is 0.949 bits per heavy atom. The molecular formula is C56H36N2S. The van der Waals surface area contributed by atoms with Gasteiger partial charge >= 0.3 is 0 Å². The lowest BCUT2D eigenvalue weighted by Crippen LogP contribution is -2.12. The number of rotatable bonds is 6. The van der Waals surface area contributed by atoms with Crippen molar-refractivity contribution in [2.75, 3.05) is 4.90 Å². The average Bonchev–Trinajstić information content (AvgIpc) is 3.86. The maximum Gasteiger partial charge on any atom is 0.0562 e. The van der Waals surface area contributed by atoms with Gasteiger partial charge in [0.1, 0.15) is 0 Å². The fourth-order valence-corrected chi connectivity index (χ4v) is 10.7. The summed E-state index contributed by atoms with van der Waals surface area (Å²) in [6.07, 6.45) is 0. The third-order valence-electron chi connectivity index (χ3n) is 12.0. The third kappa shape index (κ3) is 5.25. The number of fused-ring (bicyclic) bond motifs is 9. The summed E-state index contributed by atoms with van der Waals surface area (Å²) in [5, 5.41) is 9.94. The molecular weight excluding hydrogens is 733 g/mol. The largest absolute Gasteiger partial charge is 0.309 e. The Balaban J connectivity index is 1.18. The van der Waals surface area contributed by atoms with E-state index >= 15 is 0 Å². The molecule has 0 radical (unpaired) electrons. The van der Waals surface area contributed by atoms with Gasteiger partial charge in [0, 0.05) is 53.0 Å². The van der Waals surface area contributed by atoms with Crippen LogP contribution in [-0.2, 0) is 0 Å². The Hall–Kier alpha value is -7.46. The molecule has 0 aliphatic heterocycles. The summed E-state index contributed by atoms with van der Waals surface area (Å²) in [6.45, 7) is 0. The fourth-order valence-electron chi connectivity index (χ4n) is 9.44. The summed E-state index contributed by atoms with van der Waals surface area (Å²) >= 11 is 1.88. The van der Waals surface area contributed by atoms with Crippen LogP contribution in [0.1, 0.15) is 0 Å². The molecule has 0 atom stereocenters. The number of para-hydroxylation sites is 3. The van der Waals surface area contributed by atoms with Crippen molar-refractivity contribution in [2.45, 2.75) is 0 Å². The van der Waals surface area contributed by atoms with Gasteiger partial charge in [0.15, 0.2) is 0 Å². The van der Waals surface area contributed by atoms with Gasteiger partial charge in [-0.3, -0.25) is 0 Å². The van der Waals surface area contributed by atoms with Gasteiger partial charge in [-0.05, 0) is 64.2 Å². The molecule has 0 amide bonds. The zero-order valence-corrected chi connectivity index (χ0v) is 32.9. The van der Waals surface area contributed by atoms with Crippen LogP contribution in [0.15, 0.2) is 218 Å². The first kappa shape index (κ1) is 33.7. The van der Waals surface area contributed by atoms with Crippen molar-refractivity contribution in [2.24, 2.45) is 0 Å². The lowest BCUT2D eigenvalue weighted by molar-refractivity contribution is 1.18. The molecule has 0 aliphatic carbocycles. The molecule has 59 heavy (non-hydrogen) atoms. The molecule has 0 bridgehead atoms. The predicted molar refractivity (Wildman–Crippen MR) is 254 cm³/mol. The highest BCUT2D eigenvalue weighted by atomic mass is 32.1. The number of hydrogen-bond acceptors (Lipinski definition) is 2. The molecule has 3 heteroatoms. The summed E-state index contributed by atoms with van der Waals surface area (Å²) < 4.78 is 5.12. The van der Waals surface area contributed by atoms with Crippen LogP contribution in [0.3, 0.4) is 0 Å². The molecule has 2 aromatic heterocycles. The van der Waals surface area contributed by atoms with Gasteiger partial charge in [-0.15, -0.1) is 11.3 Å². The van der Waals surface area contributed by atoms with Gasteiger partial charge in [-0.2, -0.15) is 0 Å². The minimum absolute atomic E-state index is 1.13. The number of hydrogen-bond donors (Lipinski definition) is 0. The van der Waals surface area contributed by atoms with E-state index in [1.165, 1.54) is 80.3 Å². The normalized spacial score (nSPS) is 11.7. The summed E-state index contributed by atoms with van der Waals surface area (Å²) in [4.78, 5) is 2.53. The lowest BCUT2D eigenvalue weighted by atomic mass is 9.97. The molecule has 2 heterocycles. The second-order valence-corrected chi connectivity index (χ2v) is 16.3. The van der Waals surface area contributed by atoms with Crippen LogP contribution in [0.2, 0.25) is 0 Å². The smallest absolute Gasteiger partial charge is 0.0562 e. The van der Waals surface area contributed by atoms with Crippen molar-refractivity contribution >= 4 is 91.9 Å². The highest BCUT2D eigenvalue weighted by Crippen LogP contribution is 2.50. The van der Waals surface area contributed by atoms with Crippen LogP contribution < -0.4 is 4.90 Å². The molecule has 0 fully saturated rings. The molecule has 0 saturated heterocycles. The minimum atomic E-state index is 1.13. The van der Waals surface area contributed by atoms with Gasteiger partial charge < -0.3 is 9.47 Å². The molecule has 0 aliphatic rings. The average molecular weight is 769 g/mol. The number of anilines is 3. The summed E-state index contributed by atoms with van der Waals surface area (Å²) in [6, 6.07) is 80.0. The SMILES string of the molecule is c1ccc(-c2ccccc2N(c2cc3ccccc3c3ccccc23)c2cccc3c2c2ccccc2n3-c2ccccc2-c2cccc3c2sc2ccccc23)cc1. The van der Waals surface area contributed by atoms with E-state index in [-0.39, 0.29) is 0 Å². The first-order chi connectivity index (χ1) is 29.3. The van der Waals surface area contributed by atoms with Gasteiger partial charge in [-0.25, -0.2) is 0 Å². The van der Waals surface area contributed by atoms with Crippen LogP contribution >= 0.6 is 11.3 Å². The zero-order chi connectivity index (χ0) is 38.9. The zero-order valence-electron chi connectivity index (χ0n) is 32.1. The van der Waals surface area contributed by atoms with Gasteiger partial charge in [0.05, 0.1) is 33.8 Å². The number of benzene rings is 10. The summed E-state index contributed by atoms with van der Waals surface area (Å²) in [5.74, 6) is 0. The monoisotopic (exact) mass is 768 g/mol. The highest BCUT2D eigenvalue weighted by Gasteiger charge is 2.26. The first-order valence-electron chi connectivity index (χ1n) is 20.2. The van der Waals surface area contributed by atoms with Crippen molar-refractivity contribution in [3.05, 3.63) is 218 Å². The number of thiophene rings is 1. The van der Waals surface area contributed by atoms with E-state index in [1.807, 2.05) is 11.3 Å². The van der Waals surface area contributed by atoms with E-state index in [4.69, 9.17) is 0 Å². The Labute approximate surface area is 346 Å². The molecule has 12 rings (SSSR count). The Morgan fingerprint density at radius 1 is 0.356 bits per heavy atom. The van der Waals surface area contributed by atoms with Gasteiger partial charge in [0.2, 0.25) is 0 Å². The third-order valence-corrected chi connectivity index (χ3v) is 13.2. The van der Waals surface area contributed by atoms with Crippen LogP contribution in [0.25, 0.3) is 91.5 Å². The van der Waals surface area contributed by atoms with Crippen molar-refractivity contribution in [3.63, 3.8) is 0 Å². The Bertz CT molecular complexity index is 3580. The number of nitrogens with zero attached hydrogens (tertiary/aromatic N) is 2. The van der Waals surface area contributed by atoms with Crippen LogP contribution in [0.4, 0.5) is 17.1 Å². The fraction of sp³-hybridized carbons (Fsp3) is 0. The quantitative estimate of drug-likeness (QED) is 0.153. The van der Waals surface area contributed by atoms with E-state index in [2.05, 4.69) is 228 Å². The molecule has 2 nitrogen and oxygen atoms in total. The standard InChI is InChI=1S/C56H36N2S/c1-2-18-37(19-3-1)40-22-8-12-30-48(40)58(53-36-38-20-4-5-21-39(38)41-23-6-7-24-42(41)53)52-34-17-33-51-55(52)47-27-10-14-32-50(47)57(51)49-31-13-9-25-43(49)45-28-16-29-46-44-26-11-15-35-54(44)59-56(45)46/h1-36H.